The minimum absolute atomic E-state index is 0.169. The van der Waals surface area contributed by atoms with E-state index in [2.05, 4.69) is 27.1 Å². The zero-order valence-electron chi connectivity index (χ0n) is 19.0. The molecule has 4 amide bonds. The molecule has 3 aliphatic heterocycles. The number of rotatable bonds is 3. The molecule has 6 rings (SSSR count). The number of fused-ring (bicyclic) bond motifs is 2. The molecule has 2 aromatic heterocycles. The molecule has 0 aliphatic carbocycles. The lowest BCUT2D eigenvalue weighted by molar-refractivity contribution is -0.136. The van der Waals surface area contributed by atoms with Gasteiger partial charge in [0.2, 0.25) is 11.8 Å². The molecular formula is C24H23N7O4. The second-order valence-corrected chi connectivity index (χ2v) is 9.23. The van der Waals surface area contributed by atoms with Crippen molar-refractivity contribution in [2.75, 3.05) is 6.54 Å². The molecule has 0 bridgehead atoms. The number of amides is 4. The van der Waals surface area contributed by atoms with E-state index >= 15 is 0 Å². The van der Waals surface area contributed by atoms with E-state index in [1.807, 2.05) is 24.4 Å². The molecule has 0 radical (unpaired) electrons. The molecule has 0 spiro atoms. The van der Waals surface area contributed by atoms with Crippen molar-refractivity contribution in [1.82, 2.24) is 34.7 Å². The van der Waals surface area contributed by atoms with Crippen molar-refractivity contribution in [2.45, 2.75) is 44.9 Å². The average molecular weight is 473 g/mol. The highest BCUT2D eigenvalue weighted by Crippen LogP contribution is 2.29. The van der Waals surface area contributed by atoms with Crippen LogP contribution in [0.15, 0.2) is 42.7 Å². The molecule has 3 aromatic rings. The fourth-order valence-electron chi connectivity index (χ4n) is 5.15. The first kappa shape index (κ1) is 21.3. The average Bonchev–Trinajstić information content (AvgIpc) is 3.58. The zero-order valence-corrected chi connectivity index (χ0v) is 19.0. The van der Waals surface area contributed by atoms with Crippen LogP contribution in [0, 0.1) is 0 Å². The highest BCUT2D eigenvalue weighted by Gasteiger charge is 2.39. The molecule has 11 nitrogen and oxygen atoms in total. The summed E-state index contributed by atoms with van der Waals surface area (Å²) >= 11 is 0. The number of nitrogens with zero attached hydrogens (tertiary/aromatic N) is 6. The molecule has 1 N–H and O–H groups in total. The number of benzene rings is 1. The van der Waals surface area contributed by atoms with Gasteiger partial charge in [-0.3, -0.25) is 24.5 Å². The van der Waals surface area contributed by atoms with Crippen LogP contribution in [0.3, 0.4) is 0 Å². The van der Waals surface area contributed by atoms with Crippen LogP contribution in [-0.4, -0.2) is 65.6 Å². The van der Waals surface area contributed by atoms with Crippen LogP contribution in [0.1, 0.15) is 57.9 Å². The summed E-state index contributed by atoms with van der Waals surface area (Å²) in [6.45, 7) is 3.46. The Morgan fingerprint density at radius 3 is 2.83 bits per heavy atom. The summed E-state index contributed by atoms with van der Waals surface area (Å²) < 4.78 is 3.64. The van der Waals surface area contributed by atoms with Crippen LogP contribution in [0.25, 0.3) is 5.69 Å². The predicted molar refractivity (Wildman–Crippen MR) is 121 cm³/mol. The summed E-state index contributed by atoms with van der Waals surface area (Å²) in [5, 5.41) is 10.5. The molecule has 35 heavy (non-hydrogen) atoms. The number of carbonyl (C=O) groups is 4. The van der Waals surface area contributed by atoms with Crippen LogP contribution in [0.2, 0.25) is 0 Å². The fourth-order valence-corrected chi connectivity index (χ4v) is 5.15. The zero-order chi connectivity index (χ0) is 24.3. The van der Waals surface area contributed by atoms with Gasteiger partial charge in [-0.2, -0.15) is 0 Å². The quantitative estimate of drug-likeness (QED) is 0.568. The van der Waals surface area contributed by atoms with Gasteiger partial charge in [0.15, 0.2) is 5.69 Å². The van der Waals surface area contributed by atoms with Gasteiger partial charge in [0.25, 0.3) is 11.8 Å². The summed E-state index contributed by atoms with van der Waals surface area (Å²) in [7, 11) is 0. The maximum Gasteiger partial charge on any atom is 0.276 e. The summed E-state index contributed by atoms with van der Waals surface area (Å²) in [6.07, 6.45) is 4.11. The molecule has 178 valence electrons. The minimum atomic E-state index is -0.667. The lowest BCUT2D eigenvalue weighted by Crippen LogP contribution is -2.52. The number of hydrogen-bond acceptors (Lipinski definition) is 6. The molecule has 11 heteroatoms. The van der Waals surface area contributed by atoms with Crippen molar-refractivity contribution >= 4 is 23.6 Å². The second kappa shape index (κ2) is 7.90. The van der Waals surface area contributed by atoms with E-state index in [1.165, 1.54) is 9.58 Å². The first-order valence-corrected chi connectivity index (χ1v) is 11.5. The van der Waals surface area contributed by atoms with Crippen LogP contribution in [0.5, 0.6) is 0 Å². The SMILES string of the molecule is C[C@@H]1CN(C(=O)c2cn(-c3ccc4c(c3)C(=O)N(C3CCC(=O)NC3=O)C4)nn2)Cc2cccn21. The standard InChI is InChI=1S/C24H23N7O4/c1-14-10-28(12-17-3-2-8-29(14)17)24(35)19-13-31(27-26-19)16-5-4-15-11-30(23(34)18(15)9-16)20-6-7-21(32)25-22(20)33/h2-5,8-9,13-14,20H,6-7,10-12H2,1H3,(H,25,32,33)/t14-,20?/m1/s1. The molecule has 2 atom stereocenters. The highest BCUT2D eigenvalue weighted by molar-refractivity contribution is 6.05. The Balaban J connectivity index is 1.21. The topological polar surface area (TPSA) is 122 Å². The van der Waals surface area contributed by atoms with Crippen molar-refractivity contribution in [3.63, 3.8) is 0 Å². The number of aromatic nitrogens is 4. The Hall–Kier alpha value is -4.28. The van der Waals surface area contributed by atoms with Gasteiger partial charge in [0.1, 0.15) is 6.04 Å². The Labute approximate surface area is 200 Å². The van der Waals surface area contributed by atoms with E-state index in [1.54, 1.807) is 23.2 Å². The van der Waals surface area contributed by atoms with Gasteiger partial charge in [-0.15, -0.1) is 5.10 Å². The van der Waals surface area contributed by atoms with Gasteiger partial charge in [0.05, 0.1) is 18.4 Å². The first-order chi connectivity index (χ1) is 16.9. The lowest BCUT2D eigenvalue weighted by atomic mass is 10.0. The van der Waals surface area contributed by atoms with Crippen LogP contribution in [0.4, 0.5) is 0 Å². The van der Waals surface area contributed by atoms with Gasteiger partial charge in [-0.25, -0.2) is 4.68 Å². The Bertz CT molecular complexity index is 1390. The molecule has 3 aliphatic rings. The molecular weight excluding hydrogens is 450 g/mol. The van der Waals surface area contributed by atoms with Gasteiger partial charge in [0, 0.05) is 43.0 Å². The van der Waals surface area contributed by atoms with Gasteiger partial charge in [-0.1, -0.05) is 11.3 Å². The van der Waals surface area contributed by atoms with E-state index in [9.17, 15) is 19.2 Å². The maximum absolute atomic E-state index is 13.1. The number of imide groups is 1. The first-order valence-electron chi connectivity index (χ1n) is 11.5. The number of carbonyl (C=O) groups excluding carboxylic acids is 4. The lowest BCUT2D eigenvalue weighted by Gasteiger charge is -2.32. The highest BCUT2D eigenvalue weighted by atomic mass is 16.2. The van der Waals surface area contributed by atoms with Crippen LogP contribution in [-0.2, 0) is 22.7 Å². The molecule has 1 saturated heterocycles. The molecule has 1 aromatic carbocycles. The van der Waals surface area contributed by atoms with Crippen molar-refractivity contribution in [3.8, 4) is 5.69 Å². The van der Waals surface area contributed by atoms with E-state index < -0.39 is 11.9 Å². The van der Waals surface area contributed by atoms with Crippen LogP contribution >= 0.6 is 0 Å². The summed E-state index contributed by atoms with van der Waals surface area (Å²) in [6, 6.07) is 8.81. The van der Waals surface area contributed by atoms with E-state index in [-0.39, 0.29) is 35.9 Å². The van der Waals surface area contributed by atoms with Crippen molar-refractivity contribution in [3.05, 3.63) is 65.2 Å². The maximum atomic E-state index is 13.1. The smallest absolute Gasteiger partial charge is 0.276 e. The number of piperidine rings is 1. The van der Waals surface area contributed by atoms with Crippen LogP contribution < -0.4 is 5.32 Å². The molecule has 1 fully saturated rings. The number of hydrogen-bond donors (Lipinski definition) is 1. The van der Waals surface area contributed by atoms with Crippen molar-refractivity contribution < 1.29 is 19.2 Å². The van der Waals surface area contributed by atoms with E-state index in [0.29, 0.717) is 37.3 Å². The molecule has 5 heterocycles. The third-order valence-corrected chi connectivity index (χ3v) is 6.96. The summed E-state index contributed by atoms with van der Waals surface area (Å²) in [4.78, 5) is 53.2. The van der Waals surface area contributed by atoms with Crippen molar-refractivity contribution in [2.24, 2.45) is 0 Å². The van der Waals surface area contributed by atoms with E-state index in [4.69, 9.17) is 0 Å². The Kier molecular flexibility index (Phi) is 4.80. The summed E-state index contributed by atoms with van der Waals surface area (Å²) in [5.41, 5.74) is 3.16. The minimum Gasteiger partial charge on any atom is -0.345 e. The largest absolute Gasteiger partial charge is 0.345 e. The van der Waals surface area contributed by atoms with Gasteiger partial charge in [-0.05, 0) is 43.2 Å². The molecule has 1 unspecified atom stereocenters. The third kappa shape index (κ3) is 3.50. The monoisotopic (exact) mass is 473 g/mol. The second-order valence-electron chi connectivity index (χ2n) is 9.23. The van der Waals surface area contributed by atoms with E-state index in [0.717, 1.165) is 11.3 Å². The number of nitrogens with one attached hydrogen (secondary N) is 1. The van der Waals surface area contributed by atoms with Gasteiger partial charge >= 0.3 is 0 Å². The fraction of sp³-hybridized carbons (Fsp3) is 0.333. The Morgan fingerprint density at radius 2 is 2.00 bits per heavy atom. The molecule has 0 saturated carbocycles. The van der Waals surface area contributed by atoms with Gasteiger partial charge < -0.3 is 14.4 Å². The summed E-state index contributed by atoms with van der Waals surface area (Å²) in [5.74, 6) is -1.22. The predicted octanol–water partition coefficient (Wildman–Crippen LogP) is 1.05. The normalized spacial score (nSPS) is 21.7. The van der Waals surface area contributed by atoms with Crippen molar-refractivity contribution in [1.29, 1.82) is 0 Å². The third-order valence-electron chi connectivity index (χ3n) is 6.96. The Morgan fingerprint density at radius 1 is 1.14 bits per heavy atom.